The minimum Gasteiger partial charge on any atom is -0.337 e. The summed E-state index contributed by atoms with van der Waals surface area (Å²) in [6.07, 6.45) is 2.48. The zero-order valence-electron chi connectivity index (χ0n) is 13.7. The van der Waals surface area contributed by atoms with Gasteiger partial charge in [0.2, 0.25) is 10.0 Å². The number of benzene rings is 1. The predicted molar refractivity (Wildman–Crippen MR) is 89.0 cm³/mol. The van der Waals surface area contributed by atoms with Crippen molar-refractivity contribution in [3.8, 4) is 0 Å². The van der Waals surface area contributed by atoms with E-state index in [0.29, 0.717) is 37.5 Å². The lowest BCUT2D eigenvalue weighted by molar-refractivity contribution is -0.124. The molecule has 0 radical (unpaired) electrons. The highest BCUT2D eigenvalue weighted by Crippen LogP contribution is 2.28. The molecule has 1 amide bonds. The standard InChI is InChI=1S/C17H22N2O4S/c1-12-11-19(8-7-16(12)20)17(21)14-3-2-4-15(9-14)24(22,23)18-10-13-5-6-13/h2-4,9,12-13,18H,5-8,10-11H2,1H3/t12-/m0/s1. The van der Waals surface area contributed by atoms with Crippen molar-refractivity contribution in [1.82, 2.24) is 9.62 Å². The van der Waals surface area contributed by atoms with Gasteiger partial charge in [0.05, 0.1) is 4.90 Å². The Morgan fingerprint density at radius 2 is 2.08 bits per heavy atom. The van der Waals surface area contributed by atoms with Crippen LogP contribution in [0.5, 0.6) is 0 Å². The van der Waals surface area contributed by atoms with Gasteiger partial charge in [-0.25, -0.2) is 13.1 Å². The largest absolute Gasteiger partial charge is 0.337 e. The van der Waals surface area contributed by atoms with Crippen molar-refractivity contribution in [1.29, 1.82) is 0 Å². The smallest absolute Gasteiger partial charge is 0.253 e. The van der Waals surface area contributed by atoms with Crippen LogP contribution in [0.15, 0.2) is 29.2 Å². The van der Waals surface area contributed by atoms with Crippen LogP contribution in [-0.2, 0) is 14.8 Å². The molecular formula is C17H22N2O4S. The zero-order valence-corrected chi connectivity index (χ0v) is 14.5. The van der Waals surface area contributed by atoms with Crippen molar-refractivity contribution in [2.75, 3.05) is 19.6 Å². The summed E-state index contributed by atoms with van der Waals surface area (Å²) in [4.78, 5) is 25.9. The first-order chi connectivity index (χ1) is 11.4. The SMILES string of the molecule is C[C@H]1CN(C(=O)c2cccc(S(=O)(=O)NCC3CC3)c2)CCC1=O. The van der Waals surface area contributed by atoms with E-state index >= 15 is 0 Å². The Hall–Kier alpha value is -1.73. The number of ketones is 1. The van der Waals surface area contributed by atoms with E-state index < -0.39 is 10.0 Å². The Kier molecular flexibility index (Phi) is 4.73. The molecule has 1 heterocycles. The third-order valence-electron chi connectivity index (χ3n) is 4.61. The third-order valence-corrected chi connectivity index (χ3v) is 6.03. The molecule has 0 spiro atoms. The quantitative estimate of drug-likeness (QED) is 0.871. The normalized spacial score (nSPS) is 21.8. The third kappa shape index (κ3) is 3.84. The van der Waals surface area contributed by atoms with Gasteiger partial charge in [-0.05, 0) is 37.0 Å². The molecule has 0 bridgehead atoms. The van der Waals surface area contributed by atoms with Crippen LogP contribution in [0.4, 0.5) is 0 Å². The lowest BCUT2D eigenvalue weighted by atomic mass is 9.98. The maximum atomic E-state index is 12.6. The van der Waals surface area contributed by atoms with Crippen LogP contribution < -0.4 is 4.72 Å². The molecule has 1 aromatic rings. The highest BCUT2D eigenvalue weighted by Gasteiger charge is 2.28. The fourth-order valence-corrected chi connectivity index (χ4v) is 3.97. The van der Waals surface area contributed by atoms with Gasteiger partial charge in [-0.2, -0.15) is 0 Å². The van der Waals surface area contributed by atoms with Crippen LogP contribution >= 0.6 is 0 Å². The fourth-order valence-electron chi connectivity index (χ4n) is 2.81. The number of nitrogens with zero attached hydrogens (tertiary/aromatic N) is 1. The number of likely N-dealkylation sites (tertiary alicyclic amines) is 1. The van der Waals surface area contributed by atoms with Crippen molar-refractivity contribution in [2.24, 2.45) is 11.8 Å². The number of hydrogen-bond acceptors (Lipinski definition) is 4. The van der Waals surface area contributed by atoms with Gasteiger partial charge in [0, 0.05) is 37.5 Å². The van der Waals surface area contributed by atoms with Gasteiger partial charge in [-0.1, -0.05) is 13.0 Å². The number of amides is 1. The molecule has 2 fully saturated rings. The summed E-state index contributed by atoms with van der Waals surface area (Å²) in [6, 6.07) is 6.10. The molecule has 0 aromatic heterocycles. The summed E-state index contributed by atoms with van der Waals surface area (Å²) >= 11 is 0. The Balaban J connectivity index is 1.74. The van der Waals surface area contributed by atoms with Gasteiger partial charge in [-0.15, -0.1) is 0 Å². The molecule has 6 nitrogen and oxygen atoms in total. The molecular weight excluding hydrogens is 328 g/mol. The fraction of sp³-hybridized carbons (Fsp3) is 0.529. The summed E-state index contributed by atoms with van der Waals surface area (Å²) in [5.74, 6) is 0.208. The Labute approximate surface area is 142 Å². The molecule has 2 aliphatic rings. The van der Waals surface area contributed by atoms with Crippen LogP contribution in [0.25, 0.3) is 0 Å². The molecule has 1 N–H and O–H groups in total. The van der Waals surface area contributed by atoms with E-state index in [9.17, 15) is 18.0 Å². The molecule has 1 aliphatic heterocycles. The molecule has 130 valence electrons. The second kappa shape index (κ2) is 6.64. The number of hydrogen-bond donors (Lipinski definition) is 1. The number of piperidine rings is 1. The minimum absolute atomic E-state index is 0.107. The summed E-state index contributed by atoms with van der Waals surface area (Å²) in [7, 11) is -3.60. The molecule has 1 saturated heterocycles. The second-order valence-electron chi connectivity index (χ2n) is 6.69. The molecule has 1 aliphatic carbocycles. The first kappa shape index (κ1) is 17.1. The lowest BCUT2D eigenvalue weighted by Gasteiger charge is -2.30. The summed E-state index contributed by atoms with van der Waals surface area (Å²) in [6.45, 7) is 3.03. The van der Waals surface area contributed by atoms with Gasteiger partial charge >= 0.3 is 0 Å². The topological polar surface area (TPSA) is 83.6 Å². The average molecular weight is 350 g/mol. The van der Waals surface area contributed by atoms with E-state index in [-0.39, 0.29) is 22.5 Å². The van der Waals surface area contributed by atoms with E-state index in [2.05, 4.69) is 4.72 Å². The molecule has 7 heteroatoms. The lowest BCUT2D eigenvalue weighted by Crippen LogP contribution is -2.43. The highest BCUT2D eigenvalue weighted by atomic mass is 32.2. The maximum absolute atomic E-state index is 12.6. The van der Waals surface area contributed by atoms with Crippen molar-refractivity contribution in [2.45, 2.75) is 31.1 Å². The van der Waals surface area contributed by atoms with Crippen LogP contribution in [0.2, 0.25) is 0 Å². The number of sulfonamides is 1. The van der Waals surface area contributed by atoms with Gasteiger partial charge in [0.1, 0.15) is 5.78 Å². The molecule has 1 aromatic carbocycles. The molecule has 1 saturated carbocycles. The maximum Gasteiger partial charge on any atom is 0.253 e. The van der Waals surface area contributed by atoms with E-state index in [1.54, 1.807) is 17.0 Å². The highest BCUT2D eigenvalue weighted by molar-refractivity contribution is 7.89. The van der Waals surface area contributed by atoms with Crippen molar-refractivity contribution < 1.29 is 18.0 Å². The second-order valence-corrected chi connectivity index (χ2v) is 8.46. The summed E-state index contributed by atoms with van der Waals surface area (Å²) < 4.78 is 27.3. The first-order valence-electron chi connectivity index (χ1n) is 8.28. The van der Waals surface area contributed by atoms with E-state index in [4.69, 9.17) is 0 Å². The Morgan fingerprint density at radius 1 is 1.33 bits per heavy atom. The van der Waals surface area contributed by atoms with Crippen molar-refractivity contribution >= 4 is 21.7 Å². The number of Topliss-reactive ketones (excluding diaryl/α,β-unsaturated/α-hetero) is 1. The van der Waals surface area contributed by atoms with Crippen LogP contribution in [0.1, 0.15) is 36.5 Å². The van der Waals surface area contributed by atoms with Crippen molar-refractivity contribution in [3.05, 3.63) is 29.8 Å². The average Bonchev–Trinajstić information content (AvgIpc) is 3.39. The molecule has 24 heavy (non-hydrogen) atoms. The van der Waals surface area contributed by atoms with Crippen molar-refractivity contribution in [3.63, 3.8) is 0 Å². The predicted octanol–water partition coefficient (Wildman–Crippen LogP) is 1.43. The summed E-state index contributed by atoms with van der Waals surface area (Å²) in [5.41, 5.74) is 0.339. The van der Waals surface area contributed by atoms with E-state index in [1.165, 1.54) is 12.1 Å². The molecule has 1 atom stereocenters. The Morgan fingerprint density at radius 3 is 2.75 bits per heavy atom. The number of nitrogens with one attached hydrogen (secondary N) is 1. The van der Waals surface area contributed by atoms with Gasteiger partial charge in [0.15, 0.2) is 0 Å². The van der Waals surface area contributed by atoms with E-state index in [1.807, 2.05) is 6.92 Å². The number of rotatable bonds is 5. The van der Waals surface area contributed by atoms with Crippen LogP contribution in [0, 0.1) is 11.8 Å². The molecule has 0 unspecified atom stereocenters. The van der Waals surface area contributed by atoms with E-state index in [0.717, 1.165) is 12.8 Å². The Bertz CT molecular complexity index is 756. The first-order valence-corrected chi connectivity index (χ1v) is 9.77. The van der Waals surface area contributed by atoms with Gasteiger partial charge in [0.25, 0.3) is 5.91 Å². The van der Waals surface area contributed by atoms with Gasteiger partial charge in [-0.3, -0.25) is 9.59 Å². The van der Waals surface area contributed by atoms with Crippen LogP contribution in [-0.4, -0.2) is 44.6 Å². The van der Waals surface area contributed by atoms with Gasteiger partial charge < -0.3 is 4.90 Å². The zero-order chi connectivity index (χ0) is 17.3. The monoisotopic (exact) mass is 350 g/mol. The summed E-state index contributed by atoms with van der Waals surface area (Å²) in [5, 5.41) is 0. The minimum atomic E-state index is -3.60. The van der Waals surface area contributed by atoms with Crippen LogP contribution in [0.3, 0.4) is 0 Å². The molecule has 3 rings (SSSR count). The number of carbonyl (C=O) groups is 2. The number of carbonyl (C=O) groups excluding carboxylic acids is 2.